The fraction of sp³-hybridized carbons (Fsp3) is 0.538. The minimum absolute atomic E-state index is 0.00478. The van der Waals surface area contributed by atoms with Crippen molar-refractivity contribution < 1.29 is 13.5 Å². The lowest BCUT2D eigenvalue weighted by Crippen LogP contribution is -2.22. The van der Waals surface area contributed by atoms with Crippen LogP contribution in [-0.4, -0.2) is 32.1 Å². The molecule has 102 valence electrons. The molecule has 0 saturated carbocycles. The monoisotopic (exact) mass is 271 g/mol. The van der Waals surface area contributed by atoms with Crippen LogP contribution in [0.15, 0.2) is 18.2 Å². The van der Waals surface area contributed by atoms with Crippen molar-refractivity contribution in [2.45, 2.75) is 26.3 Å². The first-order chi connectivity index (χ1) is 8.29. The molecule has 1 rings (SSSR count). The first kappa shape index (κ1) is 15.0. The van der Waals surface area contributed by atoms with Gasteiger partial charge in [0, 0.05) is 17.9 Å². The molecule has 1 aromatic carbocycles. The number of phenolic OH excluding ortho intramolecular Hbond substituents is 1. The van der Waals surface area contributed by atoms with Gasteiger partial charge in [0.25, 0.3) is 0 Å². The number of benzene rings is 1. The Labute approximate surface area is 109 Å². The van der Waals surface area contributed by atoms with E-state index >= 15 is 0 Å². The molecule has 0 heterocycles. The van der Waals surface area contributed by atoms with E-state index in [0.717, 1.165) is 11.1 Å². The van der Waals surface area contributed by atoms with E-state index in [-0.39, 0.29) is 17.5 Å². The molecule has 18 heavy (non-hydrogen) atoms. The van der Waals surface area contributed by atoms with Crippen LogP contribution >= 0.6 is 0 Å². The maximum Gasteiger partial charge on any atom is 0.147 e. The molecule has 0 fully saturated rings. The summed E-state index contributed by atoms with van der Waals surface area (Å²) in [7, 11) is -2.89. The number of aromatic hydroxyl groups is 1. The van der Waals surface area contributed by atoms with Crippen LogP contribution < -0.4 is 5.32 Å². The first-order valence-corrected chi connectivity index (χ1v) is 8.06. The van der Waals surface area contributed by atoms with E-state index in [4.69, 9.17) is 0 Å². The summed E-state index contributed by atoms with van der Waals surface area (Å²) in [6.07, 6.45) is 1.82. The Balaban J connectivity index is 2.48. The van der Waals surface area contributed by atoms with Crippen molar-refractivity contribution in [2.75, 3.05) is 18.6 Å². The highest BCUT2D eigenvalue weighted by Gasteiger charge is 2.10. The zero-order valence-electron chi connectivity index (χ0n) is 11.1. The predicted molar refractivity (Wildman–Crippen MR) is 73.6 cm³/mol. The van der Waals surface area contributed by atoms with Crippen LogP contribution in [0.4, 0.5) is 0 Å². The fourth-order valence-electron chi connectivity index (χ4n) is 1.78. The molecule has 0 aromatic heterocycles. The summed E-state index contributed by atoms with van der Waals surface area (Å²) >= 11 is 0. The number of hydrogen-bond acceptors (Lipinski definition) is 4. The Kier molecular flexibility index (Phi) is 5.16. The van der Waals surface area contributed by atoms with Crippen LogP contribution in [0, 0.1) is 6.92 Å². The first-order valence-electron chi connectivity index (χ1n) is 6.00. The van der Waals surface area contributed by atoms with Crippen LogP contribution in [0.2, 0.25) is 0 Å². The van der Waals surface area contributed by atoms with Crippen LogP contribution in [0.5, 0.6) is 5.75 Å². The normalized spacial score (nSPS) is 13.5. The maximum atomic E-state index is 11.0. The van der Waals surface area contributed by atoms with E-state index in [1.54, 1.807) is 6.07 Å². The molecule has 4 nitrogen and oxygen atoms in total. The second-order valence-corrected chi connectivity index (χ2v) is 6.98. The molecule has 0 radical (unpaired) electrons. The number of rotatable bonds is 6. The molecule has 5 heteroatoms. The van der Waals surface area contributed by atoms with Gasteiger partial charge in [0.15, 0.2) is 0 Å². The van der Waals surface area contributed by atoms with Gasteiger partial charge in [-0.25, -0.2) is 8.42 Å². The summed E-state index contributed by atoms with van der Waals surface area (Å²) in [5, 5.41) is 13.0. The van der Waals surface area contributed by atoms with Crippen LogP contribution in [-0.2, 0) is 9.84 Å². The van der Waals surface area contributed by atoms with Gasteiger partial charge in [-0.2, -0.15) is 0 Å². The van der Waals surface area contributed by atoms with Crippen molar-refractivity contribution in [1.82, 2.24) is 5.32 Å². The Morgan fingerprint density at radius 2 is 2.06 bits per heavy atom. The van der Waals surface area contributed by atoms with E-state index in [1.165, 1.54) is 6.26 Å². The van der Waals surface area contributed by atoms with Gasteiger partial charge in [-0.3, -0.25) is 0 Å². The summed E-state index contributed by atoms with van der Waals surface area (Å²) in [5.74, 6) is 0.463. The quantitative estimate of drug-likeness (QED) is 0.774. The van der Waals surface area contributed by atoms with Crippen molar-refractivity contribution in [1.29, 1.82) is 0 Å². The van der Waals surface area contributed by atoms with Gasteiger partial charge < -0.3 is 10.4 Å². The molecule has 1 unspecified atom stereocenters. The second kappa shape index (κ2) is 6.20. The molecule has 0 aliphatic rings. The van der Waals surface area contributed by atoms with E-state index in [0.29, 0.717) is 13.0 Å². The molecule has 0 saturated heterocycles. The van der Waals surface area contributed by atoms with Gasteiger partial charge in [-0.1, -0.05) is 12.1 Å². The molecular formula is C13H21NO3S. The highest BCUT2D eigenvalue weighted by Crippen LogP contribution is 2.24. The summed E-state index contributed by atoms with van der Waals surface area (Å²) in [4.78, 5) is 0. The zero-order valence-corrected chi connectivity index (χ0v) is 11.9. The van der Waals surface area contributed by atoms with Crippen LogP contribution in [0.1, 0.15) is 30.5 Å². The van der Waals surface area contributed by atoms with Gasteiger partial charge in [0.1, 0.15) is 15.6 Å². The summed E-state index contributed by atoms with van der Waals surface area (Å²) < 4.78 is 21.9. The third kappa shape index (κ3) is 5.06. The molecule has 0 spiro atoms. The topological polar surface area (TPSA) is 66.4 Å². The van der Waals surface area contributed by atoms with Crippen LogP contribution in [0.25, 0.3) is 0 Å². The Morgan fingerprint density at radius 3 is 2.61 bits per heavy atom. The van der Waals surface area contributed by atoms with Crippen molar-refractivity contribution in [2.24, 2.45) is 0 Å². The molecule has 0 aliphatic carbocycles. The minimum Gasteiger partial charge on any atom is -0.508 e. The fourth-order valence-corrected chi connectivity index (χ4v) is 2.45. The smallest absolute Gasteiger partial charge is 0.147 e. The molecule has 1 aromatic rings. The lowest BCUT2D eigenvalue weighted by Gasteiger charge is -2.15. The maximum absolute atomic E-state index is 11.0. The Hall–Kier alpha value is -1.07. The second-order valence-electron chi connectivity index (χ2n) is 4.72. The van der Waals surface area contributed by atoms with Gasteiger partial charge in [-0.15, -0.1) is 0 Å². The predicted octanol–water partition coefficient (Wildman–Crippen LogP) is 1.79. The van der Waals surface area contributed by atoms with Crippen molar-refractivity contribution in [3.63, 3.8) is 0 Å². The number of nitrogens with one attached hydrogen (secondary N) is 1. The molecular weight excluding hydrogens is 250 g/mol. The Morgan fingerprint density at radius 1 is 1.39 bits per heavy atom. The van der Waals surface area contributed by atoms with Gasteiger partial charge in [-0.05, 0) is 38.4 Å². The lowest BCUT2D eigenvalue weighted by molar-refractivity contribution is 0.452. The SMILES string of the molecule is Cc1ccc(C(C)NCCCS(C)(=O)=O)c(O)c1. The van der Waals surface area contributed by atoms with E-state index in [9.17, 15) is 13.5 Å². The van der Waals surface area contributed by atoms with Crippen molar-refractivity contribution in [3.05, 3.63) is 29.3 Å². The molecule has 0 amide bonds. The van der Waals surface area contributed by atoms with Gasteiger partial charge in [0.05, 0.1) is 5.75 Å². The van der Waals surface area contributed by atoms with Crippen molar-refractivity contribution in [3.8, 4) is 5.75 Å². The average Bonchev–Trinajstić information content (AvgIpc) is 2.22. The molecule has 2 N–H and O–H groups in total. The zero-order chi connectivity index (χ0) is 13.8. The minimum atomic E-state index is -2.89. The van der Waals surface area contributed by atoms with E-state index in [2.05, 4.69) is 5.32 Å². The molecule has 0 bridgehead atoms. The summed E-state index contributed by atoms with van der Waals surface area (Å²) in [5.41, 5.74) is 1.85. The van der Waals surface area contributed by atoms with Gasteiger partial charge >= 0.3 is 0 Å². The van der Waals surface area contributed by atoms with E-state index in [1.807, 2.05) is 26.0 Å². The lowest BCUT2D eigenvalue weighted by atomic mass is 10.1. The van der Waals surface area contributed by atoms with Crippen LogP contribution in [0.3, 0.4) is 0 Å². The molecule has 0 aliphatic heterocycles. The third-order valence-electron chi connectivity index (χ3n) is 2.79. The Bertz CT molecular complexity index is 497. The highest BCUT2D eigenvalue weighted by atomic mass is 32.2. The number of phenols is 1. The van der Waals surface area contributed by atoms with Crippen molar-refractivity contribution >= 4 is 9.84 Å². The summed E-state index contributed by atoms with van der Waals surface area (Å²) in [6.45, 7) is 4.49. The standard InChI is InChI=1S/C13H21NO3S/c1-10-5-6-12(13(15)9-10)11(2)14-7-4-8-18(3,16)17/h5-6,9,11,14-15H,4,7-8H2,1-3H3. The largest absolute Gasteiger partial charge is 0.508 e. The average molecular weight is 271 g/mol. The number of aryl methyl sites for hydroxylation is 1. The molecule has 1 atom stereocenters. The highest BCUT2D eigenvalue weighted by molar-refractivity contribution is 7.90. The van der Waals surface area contributed by atoms with E-state index < -0.39 is 9.84 Å². The third-order valence-corrected chi connectivity index (χ3v) is 3.83. The van der Waals surface area contributed by atoms with Gasteiger partial charge in [0.2, 0.25) is 0 Å². The summed E-state index contributed by atoms with van der Waals surface area (Å²) in [6, 6.07) is 5.57. The number of sulfone groups is 1. The number of hydrogen-bond donors (Lipinski definition) is 2.